The number of unbranched alkanes of at least 4 members (excludes halogenated alkanes) is 6. The van der Waals surface area contributed by atoms with Crippen molar-refractivity contribution in [1.82, 2.24) is 0 Å². The van der Waals surface area contributed by atoms with Crippen molar-refractivity contribution in [2.24, 2.45) is 5.92 Å². The minimum atomic E-state index is -0.638. The monoisotopic (exact) mass is 462 g/mol. The van der Waals surface area contributed by atoms with E-state index in [2.05, 4.69) is 44.2 Å². The van der Waals surface area contributed by atoms with E-state index in [0.29, 0.717) is 12.4 Å². The lowest BCUT2D eigenvalue weighted by Crippen LogP contribution is -2.11. The van der Waals surface area contributed by atoms with Crippen LogP contribution in [0, 0.1) is 5.92 Å². The molecule has 1 atom stereocenters. The van der Waals surface area contributed by atoms with Gasteiger partial charge >= 0.3 is 6.16 Å². The Balaban J connectivity index is 1.46. The standard InChI is InChI=1S/C31H42O3/c1-3-5-7-8-9-10-11-25-12-14-26(15-13-25)27-16-18-28(19-17-27)29-20-22-30(23-21-29)34-31(32)33-24-6-4-2/h14,16-23,25H,3-13,15,24H2,1-2H3. The molecule has 34 heavy (non-hydrogen) atoms. The van der Waals surface area contributed by atoms with Gasteiger partial charge in [0, 0.05) is 0 Å². The summed E-state index contributed by atoms with van der Waals surface area (Å²) in [4.78, 5) is 11.7. The van der Waals surface area contributed by atoms with Gasteiger partial charge in [0.05, 0.1) is 6.61 Å². The maximum Gasteiger partial charge on any atom is 0.513 e. The zero-order valence-electron chi connectivity index (χ0n) is 21.2. The number of ether oxygens (including phenoxy) is 2. The molecule has 0 bridgehead atoms. The topological polar surface area (TPSA) is 35.5 Å². The van der Waals surface area contributed by atoms with E-state index in [1.807, 2.05) is 24.3 Å². The molecule has 3 nitrogen and oxygen atoms in total. The second-order valence-electron chi connectivity index (χ2n) is 9.58. The van der Waals surface area contributed by atoms with Crippen molar-refractivity contribution in [2.75, 3.05) is 6.61 Å². The van der Waals surface area contributed by atoms with Gasteiger partial charge in [-0.1, -0.05) is 108 Å². The first kappa shape index (κ1) is 26.1. The van der Waals surface area contributed by atoms with Gasteiger partial charge in [-0.2, -0.15) is 0 Å². The highest BCUT2D eigenvalue weighted by molar-refractivity contribution is 5.71. The van der Waals surface area contributed by atoms with E-state index in [4.69, 9.17) is 9.47 Å². The fraction of sp³-hybridized carbons (Fsp3) is 0.516. The van der Waals surface area contributed by atoms with Crippen molar-refractivity contribution < 1.29 is 14.3 Å². The normalized spacial score (nSPS) is 15.6. The van der Waals surface area contributed by atoms with Crippen LogP contribution in [-0.2, 0) is 4.74 Å². The van der Waals surface area contributed by atoms with Crippen molar-refractivity contribution in [3.63, 3.8) is 0 Å². The van der Waals surface area contributed by atoms with Crippen LogP contribution in [0.1, 0.15) is 96.5 Å². The number of hydrogen-bond donors (Lipinski definition) is 0. The molecular formula is C31H42O3. The fourth-order valence-corrected chi connectivity index (χ4v) is 4.64. The van der Waals surface area contributed by atoms with Crippen molar-refractivity contribution in [3.8, 4) is 16.9 Å². The molecule has 0 radical (unpaired) electrons. The van der Waals surface area contributed by atoms with Crippen LogP contribution >= 0.6 is 0 Å². The van der Waals surface area contributed by atoms with Crippen LogP contribution in [0.4, 0.5) is 4.79 Å². The highest BCUT2D eigenvalue weighted by atomic mass is 16.7. The highest BCUT2D eigenvalue weighted by Gasteiger charge is 2.15. The lowest BCUT2D eigenvalue weighted by Gasteiger charge is -2.22. The van der Waals surface area contributed by atoms with E-state index in [1.165, 1.54) is 75.3 Å². The van der Waals surface area contributed by atoms with Crippen LogP contribution in [0.15, 0.2) is 54.6 Å². The number of carbonyl (C=O) groups is 1. The molecule has 0 aromatic heterocycles. The maximum atomic E-state index is 11.7. The summed E-state index contributed by atoms with van der Waals surface area (Å²) in [6.45, 7) is 4.73. The number of benzene rings is 2. The predicted molar refractivity (Wildman–Crippen MR) is 142 cm³/mol. The van der Waals surface area contributed by atoms with E-state index < -0.39 is 6.16 Å². The molecular weight excluding hydrogens is 420 g/mol. The average Bonchev–Trinajstić information content (AvgIpc) is 2.87. The van der Waals surface area contributed by atoms with Gasteiger partial charge < -0.3 is 9.47 Å². The molecule has 0 saturated heterocycles. The summed E-state index contributed by atoms with van der Waals surface area (Å²) in [5.41, 5.74) is 5.11. The quantitative estimate of drug-likeness (QED) is 0.169. The Morgan fingerprint density at radius 1 is 0.794 bits per heavy atom. The number of hydrogen-bond acceptors (Lipinski definition) is 3. The Kier molecular flexibility index (Phi) is 11.2. The van der Waals surface area contributed by atoms with Gasteiger partial charge in [-0.15, -0.1) is 0 Å². The van der Waals surface area contributed by atoms with Crippen molar-refractivity contribution in [1.29, 1.82) is 0 Å². The third-order valence-electron chi connectivity index (χ3n) is 6.85. The first-order valence-electron chi connectivity index (χ1n) is 13.4. The molecule has 0 N–H and O–H groups in total. The number of allylic oxidation sites excluding steroid dienone is 2. The summed E-state index contributed by atoms with van der Waals surface area (Å²) >= 11 is 0. The molecule has 1 unspecified atom stereocenters. The van der Waals surface area contributed by atoms with E-state index >= 15 is 0 Å². The van der Waals surface area contributed by atoms with Crippen LogP contribution < -0.4 is 4.74 Å². The van der Waals surface area contributed by atoms with Gasteiger partial charge in [0.25, 0.3) is 0 Å². The average molecular weight is 463 g/mol. The third-order valence-corrected chi connectivity index (χ3v) is 6.85. The van der Waals surface area contributed by atoms with Gasteiger partial charge in [-0.25, -0.2) is 4.79 Å². The van der Waals surface area contributed by atoms with E-state index in [1.54, 1.807) is 0 Å². The zero-order chi connectivity index (χ0) is 24.0. The summed E-state index contributed by atoms with van der Waals surface area (Å²) in [6.07, 6.45) is 17.2. The molecule has 184 valence electrons. The van der Waals surface area contributed by atoms with Gasteiger partial charge in [-0.3, -0.25) is 0 Å². The van der Waals surface area contributed by atoms with Crippen LogP contribution in [0.2, 0.25) is 0 Å². The Labute approximate surface area is 206 Å². The van der Waals surface area contributed by atoms with Gasteiger partial charge in [0.2, 0.25) is 0 Å². The van der Waals surface area contributed by atoms with Crippen molar-refractivity contribution >= 4 is 11.7 Å². The molecule has 1 aliphatic carbocycles. The highest BCUT2D eigenvalue weighted by Crippen LogP contribution is 2.34. The second-order valence-corrected chi connectivity index (χ2v) is 9.58. The van der Waals surface area contributed by atoms with Crippen LogP contribution in [0.5, 0.6) is 5.75 Å². The smallest absolute Gasteiger partial charge is 0.434 e. The predicted octanol–water partition coefficient (Wildman–Crippen LogP) is 9.60. The summed E-state index contributed by atoms with van der Waals surface area (Å²) < 4.78 is 10.3. The summed E-state index contributed by atoms with van der Waals surface area (Å²) in [7, 11) is 0. The third kappa shape index (κ3) is 8.66. The van der Waals surface area contributed by atoms with Crippen LogP contribution in [-0.4, -0.2) is 12.8 Å². The Bertz CT molecular complexity index is 880. The molecule has 0 spiro atoms. The first-order valence-corrected chi connectivity index (χ1v) is 13.4. The number of rotatable bonds is 13. The van der Waals surface area contributed by atoms with E-state index in [-0.39, 0.29) is 0 Å². The summed E-state index contributed by atoms with van der Waals surface area (Å²) in [5.74, 6) is 1.38. The summed E-state index contributed by atoms with van der Waals surface area (Å²) in [5, 5.41) is 0. The van der Waals surface area contributed by atoms with Gasteiger partial charge in [-0.05, 0) is 66.0 Å². The molecule has 2 aromatic rings. The molecule has 0 heterocycles. The lowest BCUT2D eigenvalue weighted by molar-refractivity contribution is 0.0978. The lowest BCUT2D eigenvalue weighted by atomic mass is 9.83. The molecule has 0 aliphatic heterocycles. The van der Waals surface area contributed by atoms with Gasteiger partial charge in [0.1, 0.15) is 5.75 Å². The SMILES string of the molecule is CCCCCCCCC1CC=C(c2ccc(-c3ccc(OC(=O)OCCCC)cc3)cc2)CC1. The molecule has 3 rings (SSSR count). The Morgan fingerprint density at radius 3 is 2.06 bits per heavy atom. The van der Waals surface area contributed by atoms with Crippen LogP contribution in [0.25, 0.3) is 16.7 Å². The molecule has 0 fully saturated rings. The minimum Gasteiger partial charge on any atom is -0.434 e. The molecule has 3 heteroatoms. The largest absolute Gasteiger partial charge is 0.513 e. The Morgan fingerprint density at radius 2 is 1.41 bits per heavy atom. The van der Waals surface area contributed by atoms with Crippen molar-refractivity contribution in [3.05, 3.63) is 60.2 Å². The number of carbonyl (C=O) groups excluding carboxylic acids is 1. The van der Waals surface area contributed by atoms with E-state index in [0.717, 1.165) is 29.9 Å². The maximum absolute atomic E-state index is 11.7. The van der Waals surface area contributed by atoms with Gasteiger partial charge in [0.15, 0.2) is 0 Å². The molecule has 2 aromatic carbocycles. The van der Waals surface area contributed by atoms with E-state index in [9.17, 15) is 4.79 Å². The first-order chi connectivity index (χ1) is 16.7. The minimum absolute atomic E-state index is 0.399. The van der Waals surface area contributed by atoms with Crippen LogP contribution in [0.3, 0.4) is 0 Å². The molecule has 1 aliphatic rings. The molecule has 0 saturated carbocycles. The zero-order valence-corrected chi connectivity index (χ0v) is 21.2. The second kappa shape index (κ2) is 14.7. The summed E-state index contributed by atoms with van der Waals surface area (Å²) in [6, 6.07) is 16.5. The molecule has 0 amide bonds. The Hall–Kier alpha value is -2.55. The fourth-order valence-electron chi connectivity index (χ4n) is 4.64. The van der Waals surface area contributed by atoms with Crippen molar-refractivity contribution in [2.45, 2.75) is 90.9 Å².